The minimum absolute atomic E-state index is 0.321. The molecule has 0 spiro atoms. The Balaban J connectivity index is 1.24. The van der Waals surface area contributed by atoms with Crippen LogP contribution in [0.4, 0.5) is 0 Å². The molecule has 0 aliphatic carbocycles. The number of carbonyl (C=O) groups is 1. The molecule has 1 aromatic heterocycles. The van der Waals surface area contributed by atoms with Crippen LogP contribution in [0.2, 0.25) is 0 Å². The van der Waals surface area contributed by atoms with Crippen molar-refractivity contribution in [2.75, 3.05) is 6.61 Å². The summed E-state index contributed by atoms with van der Waals surface area (Å²) < 4.78 is 11.7. The number of nitrogens with one attached hydrogen (secondary N) is 2. The first-order chi connectivity index (χ1) is 18.7. The minimum Gasteiger partial charge on any atom is -0.494 e. The van der Waals surface area contributed by atoms with E-state index in [1.54, 1.807) is 12.3 Å². The molecule has 0 aliphatic heterocycles. The molecule has 0 radical (unpaired) electrons. The zero-order valence-electron chi connectivity index (χ0n) is 21.7. The molecule has 4 rings (SSSR count). The molecule has 0 unspecified atom stereocenters. The molecule has 196 valence electrons. The molecule has 0 bridgehead atoms. The van der Waals surface area contributed by atoms with Crippen molar-refractivity contribution in [3.63, 3.8) is 0 Å². The SMILES string of the molecule is CCCCCCCCOc1ccc(-c2cc(C(=O)N/N=C/c3cccc(Oc4ccccc4)c3)[nH]n2)cc1. The van der Waals surface area contributed by atoms with Gasteiger partial charge in [-0.15, -0.1) is 0 Å². The van der Waals surface area contributed by atoms with Gasteiger partial charge in [0.05, 0.1) is 18.5 Å². The summed E-state index contributed by atoms with van der Waals surface area (Å²) in [6.45, 7) is 2.95. The maximum Gasteiger partial charge on any atom is 0.289 e. The lowest BCUT2D eigenvalue weighted by Gasteiger charge is -2.06. The number of H-pyrrole nitrogens is 1. The van der Waals surface area contributed by atoms with E-state index in [0.29, 0.717) is 17.1 Å². The average molecular weight is 511 g/mol. The van der Waals surface area contributed by atoms with Crippen LogP contribution in [-0.4, -0.2) is 28.9 Å². The number of nitrogens with zero attached hydrogens (tertiary/aromatic N) is 2. The predicted octanol–water partition coefficient (Wildman–Crippen LogP) is 7.37. The average Bonchev–Trinajstić information content (AvgIpc) is 3.44. The molecule has 0 saturated heterocycles. The Morgan fingerprint density at radius 2 is 1.63 bits per heavy atom. The summed E-state index contributed by atoms with van der Waals surface area (Å²) in [6.07, 6.45) is 8.99. The van der Waals surface area contributed by atoms with Gasteiger partial charge in [0, 0.05) is 5.56 Å². The van der Waals surface area contributed by atoms with Crippen molar-refractivity contribution in [2.45, 2.75) is 45.4 Å². The molecule has 38 heavy (non-hydrogen) atoms. The van der Waals surface area contributed by atoms with E-state index in [4.69, 9.17) is 9.47 Å². The number of carbonyl (C=O) groups excluding carboxylic acids is 1. The fraction of sp³-hybridized carbons (Fsp3) is 0.258. The van der Waals surface area contributed by atoms with Crippen LogP contribution in [0.15, 0.2) is 90.0 Å². The van der Waals surface area contributed by atoms with E-state index < -0.39 is 0 Å². The van der Waals surface area contributed by atoms with E-state index in [2.05, 4.69) is 27.6 Å². The fourth-order valence-electron chi connectivity index (χ4n) is 3.89. The zero-order chi connectivity index (χ0) is 26.4. The lowest BCUT2D eigenvalue weighted by atomic mass is 10.1. The summed E-state index contributed by atoms with van der Waals surface area (Å²) in [4.78, 5) is 12.5. The smallest absolute Gasteiger partial charge is 0.289 e. The molecule has 0 atom stereocenters. The second-order valence-corrected chi connectivity index (χ2v) is 8.99. The number of unbranched alkanes of at least 4 members (excludes halogenated alkanes) is 5. The maximum atomic E-state index is 12.5. The van der Waals surface area contributed by atoms with Gasteiger partial charge in [0.15, 0.2) is 0 Å². The van der Waals surface area contributed by atoms with Gasteiger partial charge in [0.25, 0.3) is 5.91 Å². The van der Waals surface area contributed by atoms with Gasteiger partial charge in [-0.2, -0.15) is 10.2 Å². The lowest BCUT2D eigenvalue weighted by molar-refractivity contribution is 0.0950. The van der Waals surface area contributed by atoms with Crippen molar-refractivity contribution in [3.8, 4) is 28.5 Å². The number of ether oxygens (including phenoxy) is 2. The van der Waals surface area contributed by atoms with Crippen LogP contribution >= 0.6 is 0 Å². The molecular weight excluding hydrogens is 476 g/mol. The normalized spacial score (nSPS) is 11.0. The maximum absolute atomic E-state index is 12.5. The van der Waals surface area contributed by atoms with Crippen molar-refractivity contribution < 1.29 is 14.3 Å². The monoisotopic (exact) mass is 510 g/mol. The number of hydrogen-bond donors (Lipinski definition) is 2. The van der Waals surface area contributed by atoms with Crippen LogP contribution < -0.4 is 14.9 Å². The highest BCUT2D eigenvalue weighted by atomic mass is 16.5. The second-order valence-electron chi connectivity index (χ2n) is 8.99. The molecule has 7 nitrogen and oxygen atoms in total. The molecular formula is C31H34N4O3. The molecule has 0 fully saturated rings. The first-order valence-electron chi connectivity index (χ1n) is 13.2. The van der Waals surface area contributed by atoms with Crippen LogP contribution in [0.3, 0.4) is 0 Å². The topological polar surface area (TPSA) is 88.6 Å². The van der Waals surface area contributed by atoms with Gasteiger partial charge in [-0.05, 0) is 66.6 Å². The van der Waals surface area contributed by atoms with E-state index in [1.165, 1.54) is 32.1 Å². The number of aromatic nitrogens is 2. The van der Waals surface area contributed by atoms with Crippen LogP contribution in [0.1, 0.15) is 61.5 Å². The summed E-state index contributed by atoms with van der Waals surface area (Å²) in [7, 11) is 0. The molecule has 7 heteroatoms. The standard InChI is InChI=1S/C31H34N4O3/c1-2-3-4-5-6-10-20-37-26-18-16-25(17-19-26)29-22-30(34-33-29)31(36)35-32-23-24-12-11-15-28(21-24)38-27-13-8-7-9-14-27/h7-9,11-19,21-23H,2-6,10,20H2,1H3,(H,33,34)(H,35,36)/b32-23+. The number of para-hydroxylation sites is 1. The van der Waals surface area contributed by atoms with Gasteiger partial charge >= 0.3 is 0 Å². The molecule has 0 saturated carbocycles. The van der Waals surface area contributed by atoms with Gasteiger partial charge in [-0.1, -0.05) is 69.4 Å². The highest BCUT2D eigenvalue weighted by Gasteiger charge is 2.10. The van der Waals surface area contributed by atoms with E-state index in [9.17, 15) is 4.79 Å². The molecule has 3 aromatic carbocycles. The van der Waals surface area contributed by atoms with Crippen LogP contribution in [0.5, 0.6) is 17.2 Å². The van der Waals surface area contributed by atoms with Crippen molar-refractivity contribution in [3.05, 3.63) is 96.2 Å². The molecule has 2 N–H and O–H groups in total. The first-order valence-corrected chi connectivity index (χ1v) is 13.2. The predicted molar refractivity (Wildman–Crippen MR) is 151 cm³/mol. The Bertz CT molecular complexity index is 1300. The number of benzene rings is 3. The molecule has 4 aromatic rings. The van der Waals surface area contributed by atoms with Crippen molar-refractivity contribution in [1.29, 1.82) is 0 Å². The lowest BCUT2D eigenvalue weighted by Crippen LogP contribution is -2.18. The van der Waals surface area contributed by atoms with Gasteiger partial charge in [-0.3, -0.25) is 9.89 Å². The fourth-order valence-corrected chi connectivity index (χ4v) is 3.89. The number of hydrogen-bond acceptors (Lipinski definition) is 5. The number of rotatable bonds is 14. The third kappa shape index (κ3) is 8.34. The summed E-state index contributed by atoms with van der Waals surface area (Å²) in [5.74, 6) is 1.89. The Morgan fingerprint density at radius 3 is 2.45 bits per heavy atom. The Hall–Kier alpha value is -4.39. The Labute approximate surface area is 223 Å². The van der Waals surface area contributed by atoms with Gasteiger partial charge in [0.2, 0.25) is 0 Å². The van der Waals surface area contributed by atoms with E-state index >= 15 is 0 Å². The largest absolute Gasteiger partial charge is 0.494 e. The summed E-state index contributed by atoms with van der Waals surface area (Å²) in [6, 6.07) is 26.4. The molecule has 1 amide bonds. The Kier molecular flexibility index (Phi) is 10.1. The number of aromatic amines is 1. The van der Waals surface area contributed by atoms with E-state index in [0.717, 1.165) is 35.7 Å². The first kappa shape index (κ1) is 26.7. The molecule has 0 aliphatic rings. The highest BCUT2D eigenvalue weighted by Crippen LogP contribution is 2.23. The Morgan fingerprint density at radius 1 is 0.868 bits per heavy atom. The van der Waals surface area contributed by atoms with E-state index in [-0.39, 0.29) is 5.91 Å². The van der Waals surface area contributed by atoms with Crippen LogP contribution in [-0.2, 0) is 0 Å². The zero-order valence-corrected chi connectivity index (χ0v) is 21.7. The number of hydrazone groups is 1. The minimum atomic E-state index is -0.379. The second kappa shape index (κ2) is 14.4. The van der Waals surface area contributed by atoms with Crippen LogP contribution in [0.25, 0.3) is 11.3 Å². The molecule has 1 heterocycles. The summed E-state index contributed by atoms with van der Waals surface area (Å²) in [5, 5.41) is 11.1. The summed E-state index contributed by atoms with van der Waals surface area (Å²) in [5.41, 5.74) is 5.22. The van der Waals surface area contributed by atoms with Gasteiger partial charge < -0.3 is 9.47 Å². The van der Waals surface area contributed by atoms with Crippen molar-refractivity contribution in [1.82, 2.24) is 15.6 Å². The van der Waals surface area contributed by atoms with Gasteiger partial charge in [-0.25, -0.2) is 5.43 Å². The van der Waals surface area contributed by atoms with E-state index in [1.807, 2.05) is 78.9 Å². The number of amides is 1. The highest BCUT2D eigenvalue weighted by molar-refractivity contribution is 5.94. The summed E-state index contributed by atoms with van der Waals surface area (Å²) >= 11 is 0. The third-order valence-corrected chi connectivity index (χ3v) is 5.96. The van der Waals surface area contributed by atoms with Crippen LogP contribution in [0, 0.1) is 0 Å². The quantitative estimate of drug-likeness (QED) is 0.105. The van der Waals surface area contributed by atoms with Crippen molar-refractivity contribution in [2.24, 2.45) is 5.10 Å². The van der Waals surface area contributed by atoms with Gasteiger partial charge in [0.1, 0.15) is 22.9 Å². The third-order valence-electron chi connectivity index (χ3n) is 5.96. The van der Waals surface area contributed by atoms with Crippen molar-refractivity contribution >= 4 is 12.1 Å².